The lowest BCUT2D eigenvalue weighted by atomic mass is 10.2. The molecule has 1 heterocycles. The minimum absolute atomic E-state index is 0.243. The topological polar surface area (TPSA) is 67.4 Å². The first kappa shape index (κ1) is 16.4. The second-order valence-electron chi connectivity index (χ2n) is 5.28. The van der Waals surface area contributed by atoms with Crippen LogP contribution >= 0.6 is 11.3 Å². The SMILES string of the molecule is O=C(COc1ccc(F)cc1F)NNC(=O)c1cc2c(s1)CCC2. The summed E-state index contributed by atoms with van der Waals surface area (Å²) in [5, 5.41) is 0. The fourth-order valence-electron chi connectivity index (χ4n) is 2.40. The van der Waals surface area contributed by atoms with Crippen LogP contribution in [0.1, 0.15) is 26.5 Å². The standard InChI is InChI=1S/C16H14F2N2O3S/c17-10-4-5-12(11(18)7-10)23-8-15(21)19-20-16(22)14-6-9-2-1-3-13(9)24-14/h4-7H,1-3,8H2,(H,19,21)(H,20,22). The lowest BCUT2D eigenvalue weighted by Gasteiger charge is -2.08. The molecule has 0 radical (unpaired) electrons. The molecule has 0 unspecified atom stereocenters. The van der Waals surface area contributed by atoms with Crippen LogP contribution in [0.5, 0.6) is 5.75 Å². The molecule has 1 aliphatic carbocycles. The molecule has 24 heavy (non-hydrogen) atoms. The zero-order valence-electron chi connectivity index (χ0n) is 12.5. The second kappa shape index (κ2) is 6.96. The maximum absolute atomic E-state index is 13.4. The molecule has 8 heteroatoms. The van der Waals surface area contributed by atoms with Gasteiger partial charge in [0.2, 0.25) is 0 Å². The molecule has 0 atom stereocenters. The lowest BCUT2D eigenvalue weighted by molar-refractivity contribution is -0.123. The van der Waals surface area contributed by atoms with Crippen LogP contribution in [0.25, 0.3) is 0 Å². The Balaban J connectivity index is 1.47. The van der Waals surface area contributed by atoms with Gasteiger partial charge < -0.3 is 4.74 Å². The summed E-state index contributed by atoms with van der Waals surface area (Å²) < 4.78 is 31.0. The second-order valence-corrected chi connectivity index (χ2v) is 6.42. The zero-order valence-corrected chi connectivity index (χ0v) is 13.3. The van der Waals surface area contributed by atoms with Crippen LogP contribution < -0.4 is 15.6 Å². The predicted octanol–water partition coefficient (Wildman–Crippen LogP) is 2.36. The van der Waals surface area contributed by atoms with E-state index in [-0.39, 0.29) is 5.75 Å². The molecule has 126 valence electrons. The average molecular weight is 352 g/mol. The van der Waals surface area contributed by atoms with Crippen LogP contribution in [0.4, 0.5) is 8.78 Å². The molecule has 1 aliphatic rings. The number of ether oxygens (including phenoxy) is 1. The van der Waals surface area contributed by atoms with E-state index in [9.17, 15) is 18.4 Å². The van der Waals surface area contributed by atoms with Crippen molar-refractivity contribution >= 4 is 23.2 Å². The van der Waals surface area contributed by atoms with E-state index < -0.39 is 30.1 Å². The van der Waals surface area contributed by atoms with E-state index in [0.29, 0.717) is 10.9 Å². The summed E-state index contributed by atoms with van der Waals surface area (Å²) in [6, 6.07) is 4.60. The van der Waals surface area contributed by atoms with Crippen molar-refractivity contribution in [1.82, 2.24) is 10.9 Å². The number of amides is 2. The molecule has 0 saturated heterocycles. The van der Waals surface area contributed by atoms with Crippen LogP contribution in [0.15, 0.2) is 24.3 Å². The fourth-order valence-corrected chi connectivity index (χ4v) is 3.55. The first-order chi connectivity index (χ1) is 11.5. The summed E-state index contributed by atoms with van der Waals surface area (Å²) in [6.07, 6.45) is 3.07. The average Bonchev–Trinajstić information content (AvgIpc) is 3.13. The van der Waals surface area contributed by atoms with E-state index in [0.717, 1.165) is 31.4 Å². The summed E-state index contributed by atoms with van der Waals surface area (Å²) >= 11 is 1.42. The summed E-state index contributed by atoms with van der Waals surface area (Å²) in [4.78, 5) is 25.3. The highest BCUT2D eigenvalue weighted by atomic mass is 32.1. The van der Waals surface area contributed by atoms with Crippen molar-refractivity contribution in [3.8, 4) is 5.75 Å². The number of aryl methyl sites for hydroxylation is 2. The Labute approximate surface area is 140 Å². The first-order valence-corrected chi connectivity index (χ1v) is 8.13. The highest BCUT2D eigenvalue weighted by molar-refractivity contribution is 7.14. The molecule has 0 spiro atoms. The summed E-state index contributed by atoms with van der Waals surface area (Å²) in [5.41, 5.74) is 5.67. The Morgan fingerprint density at radius 1 is 1.17 bits per heavy atom. The highest BCUT2D eigenvalue weighted by Crippen LogP contribution is 2.30. The van der Waals surface area contributed by atoms with Gasteiger partial charge in [-0.1, -0.05) is 0 Å². The minimum Gasteiger partial charge on any atom is -0.481 e. The van der Waals surface area contributed by atoms with E-state index in [1.54, 1.807) is 0 Å². The van der Waals surface area contributed by atoms with E-state index >= 15 is 0 Å². The number of benzene rings is 1. The van der Waals surface area contributed by atoms with Gasteiger partial charge in [-0.3, -0.25) is 20.4 Å². The number of hydrogen-bond donors (Lipinski definition) is 2. The van der Waals surface area contributed by atoms with E-state index in [2.05, 4.69) is 10.9 Å². The number of carbonyl (C=O) groups is 2. The van der Waals surface area contributed by atoms with Gasteiger partial charge >= 0.3 is 0 Å². The van der Waals surface area contributed by atoms with Gasteiger partial charge in [0.25, 0.3) is 11.8 Å². The third-order valence-corrected chi connectivity index (χ3v) is 4.77. The number of halogens is 2. The number of fused-ring (bicyclic) bond motifs is 1. The molecule has 0 fully saturated rings. The Morgan fingerprint density at radius 3 is 2.75 bits per heavy atom. The van der Waals surface area contributed by atoms with Crippen LogP contribution in [-0.2, 0) is 17.6 Å². The molecular weight excluding hydrogens is 338 g/mol. The van der Waals surface area contributed by atoms with Gasteiger partial charge in [0.1, 0.15) is 5.82 Å². The number of hydrazine groups is 1. The monoisotopic (exact) mass is 352 g/mol. The third kappa shape index (κ3) is 3.70. The van der Waals surface area contributed by atoms with Crippen molar-refractivity contribution < 1.29 is 23.1 Å². The number of nitrogens with one attached hydrogen (secondary N) is 2. The molecule has 1 aromatic carbocycles. The Kier molecular flexibility index (Phi) is 4.75. The van der Waals surface area contributed by atoms with Gasteiger partial charge in [0.05, 0.1) is 4.88 Å². The molecule has 2 amide bonds. The maximum Gasteiger partial charge on any atom is 0.279 e. The Morgan fingerprint density at radius 2 is 2.00 bits per heavy atom. The van der Waals surface area contributed by atoms with Gasteiger partial charge in [0.15, 0.2) is 18.2 Å². The molecule has 1 aromatic heterocycles. The highest BCUT2D eigenvalue weighted by Gasteiger charge is 2.18. The molecule has 5 nitrogen and oxygen atoms in total. The number of thiophene rings is 1. The van der Waals surface area contributed by atoms with Gasteiger partial charge in [-0.15, -0.1) is 11.3 Å². The van der Waals surface area contributed by atoms with E-state index in [1.165, 1.54) is 21.8 Å². The van der Waals surface area contributed by atoms with Crippen molar-refractivity contribution in [2.24, 2.45) is 0 Å². The number of hydrogen-bond acceptors (Lipinski definition) is 4. The largest absolute Gasteiger partial charge is 0.481 e. The fraction of sp³-hybridized carbons (Fsp3) is 0.250. The van der Waals surface area contributed by atoms with Crippen molar-refractivity contribution in [3.05, 3.63) is 51.2 Å². The number of rotatable bonds is 4. The summed E-state index contributed by atoms with van der Waals surface area (Å²) in [6.45, 7) is -0.510. The van der Waals surface area contributed by atoms with E-state index in [1.807, 2.05) is 6.07 Å². The summed E-state index contributed by atoms with van der Waals surface area (Å²) in [7, 11) is 0. The number of carbonyl (C=O) groups excluding carboxylic acids is 2. The lowest BCUT2D eigenvalue weighted by Crippen LogP contribution is -2.43. The molecule has 0 aliphatic heterocycles. The molecule has 0 bridgehead atoms. The van der Waals surface area contributed by atoms with Gasteiger partial charge in [-0.25, -0.2) is 8.78 Å². The molecular formula is C16H14F2N2O3S. The van der Waals surface area contributed by atoms with Gasteiger partial charge in [-0.05, 0) is 43.0 Å². The minimum atomic E-state index is -0.903. The van der Waals surface area contributed by atoms with Gasteiger partial charge in [-0.2, -0.15) is 0 Å². The predicted molar refractivity (Wildman–Crippen MR) is 83.8 cm³/mol. The third-order valence-electron chi connectivity index (χ3n) is 3.54. The van der Waals surface area contributed by atoms with Crippen LogP contribution in [0, 0.1) is 11.6 Å². The smallest absolute Gasteiger partial charge is 0.279 e. The molecule has 2 aromatic rings. The molecule has 3 rings (SSSR count). The van der Waals surface area contributed by atoms with Crippen LogP contribution in [0.2, 0.25) is 0 Å². The quantitative estimate of drug-likeness (QED) is 0.830. The Hall–Kier alpha value is -2.48. The van der Waals surface area contributed by atoms with Crippen molar-refractivity contribution in [2.75, 3.05) is 6.61 Å². The summed E-state index contributed by atoms with van der Waals surface area (Å²) in [5.74, 6) is -2.95. The Bertz CT molecular complexity index is 770. The van der Waals surface area contributed by atoms with Gasteiger partial charge in [0, 0.05) is 10.9 Å². The normalized spacial score (nSPS) is 12.6. The van der Waals surface area contributed by atoms with Crippen LogP contribution in [0.3, 0.4) is 0 Å². The van der Waals surface area contributed by atoms with Crippen molar-refractivity contribution in [1.29, 1.82) is 0 Å². The van der Waals surface area contributed by atoms with Crippen molar-refractivity contribution in [2.45, 2.75) is 19.3 Å². The first-order valence-electron chi connectivity index (χ1n) is 7.31. The zero-order chi connectivity index (χ0) is 17.1. The van der Waals surface area contributed by atoms with Crippen molar-refractivity contribution in [3.63, 3.8) is 0 Å². The molecule has 0 saturated carbocycles. The maximum atomic E-state index is 13.4. The van der Waals surface area contributed by atoms with Crippen LogP contribution in [-0.4, -0.2) is 18.4 Å². The molecule has 2 N–H and O–H groups in total. The van der Waals surface area contributed by atoms with E-state index in [4.69, 9.17) is 4.74 Å².